The monoisotopic (exact) mass is 430 g/mol. The molecule has 1 aliphatic heterocycles. The number of halogens is 3. The quantitative estimate of drug-likeness (QED) is 0.765. The summed E-state index contributed by atoms with van der Waals surface area (Å²) in [6.45, 7) is -0.593. The Morgan fingerprint density at radius 2 is 1.75 bits per heavy atom. The molecule has 2 aromatic carbocycles. The van der Waals surface area contributed by atoms with Gasteiger partial charge in [-0.2, -0.15) is 0 Å². The number of aliphatic hydroxyl groups excluding tert-OH is 1. The third-order valence-corrected chi connectivity index (χ3v) is 8.51. The maximum absolute atomic E-state index is 14.9. The van der Waals surface area contributed by atoms with Gasteiger partial charge in [0.2, 0.25) is 0 Å². The van der Waals surface area contributed by atoms with Crippen molar-refractivity contribution in [2.45, 2.75) is 40.6 Å². The summed E-state index contributed by atoms with van der Waals surface area (Å²) >= 11 is 5.85. The Kier molecular flexibility index (Phi) is 4.46. The molecule has 0 aromatic heterocycles. The highest BCUT2D eigenvalue weighted by Crippen LogP contribution is 2.58. The van der Waals surface area contributed by atoms with Crippen LogP contribution in [0, 0.1) is 11.6 Å². The van der Waals surface area contributed by atoms with E-state index in [0.717, 1.165) is 12.1 Å². The SMILES string of the molecule is O=S(=O)(c1ccc(Cl)cc1)C12CC[C@@H](O)C[C@]1(O)COc1c(F)ccc(F)c12. The van der Waals surface area contributed by atoms with Gasteiger partial charge in [0.05, 0.1) is 16.6 Å². The zero-order valence-corrected chi connectivity index (χ0v) is 16.1. The van der Waals surface area contributed by atoms with Gasteiger partial charge in [0.15, 0.2) is 21.4 Å². The van der Waals surface area contributed by atoms with Gasteiger partial charge in [-0.25, -0.2) is 17.2 Å². The third kappa shape index (κ3) is 2.51. The summed E-state index contributed by atoms with van der Waals surface area (Å²) in [4.78, 5) is -0.191. The Morgan fingerprint density at radius 3 is 2.43 bits per heavy atom. The normalized spacial score (nSPS) is 29.5. The van der Waals surface area contributed by atoms with Crippen LogP contribution < -0.4 is 4.74 Å². The molecule has 150 valence electrons. The standard InChI is InChI=1S/C19H17ClF2O5S/c20-11-1-3-13(4-2-11)28(25,26)19-8-7-12(23)9-18(19,24)10-27-17-15(22)6-5-14(21)16(17)19/h1-6,12,23-24H,7-10H2/t12-,18+,19?/m1/s1. The van der Waals surface area contributed by atoms with Gasteiger partial charge in [0.25, 0.3) is 0 Å². The van der Waals surface area contributed by atoms with Crippen LogP contribution in [-0.2, 0) is 14.6 Å². The van der Waals surface area contributed by atoms with E-state index in [2.05, 4.69) is 0 Å². The van der Waals surface area contributed by atoms with Crippen molar-refractivity contribution in [3.05, 3.63) is 58.6 Å². The molecule has 9 heteroatoms. The first-order valence-corrected chi connectivity index (χ1v) is 10.5. The highest BCUT2D eigenvalue weighted by atomic mass is 35.5. The van der Waals surface area contributed by atoms with E-state index >= 15 is 0 Å². The van der Waals surface area contributed by atoms with Crippen LogP contribution in [0.4, 0.5) is 8.78 Å². The summed E-state index contributed by atoms with van der Waals surface area (Å²) in [7, 11) is -4.44. The Morgan fingerprint density at radius 1 is 1.11 bits per heavy atom. The number of fused-ring (bicyclic) bond motifs is 3. The van der Waals surface area contributed by atoms with E-state index in [4.69, 9.17) is 16.3 Å². The molecule has 1 fully saturated rings. The number of rotatable bonds is 2. The van der Waals surface area contributed by atoms with E-state index in [1.54, 1.807) is 0 Å². The van der Waals surface area contributed by atoms with Crippen molar-refractivity contribution in [2.75, 3.05) is 6.61 Å². The van der Waals surface area contributed by atoms with Gasteiger partial charge in [-0.3, -0.25) is 0 Å². The van der Waals surface area contributed by atoms with Crippen molar-refractivity contribution in [3.63, 3.8) is 0 Å². The van der Waals surface area contributed by atoms with Gasteiger partial charge < -0.3 is 14.9 Å². The lowest BCUT2D eigenvalue weighted by molar-refractivity contribution is -0.113. The average Bonchev–Trinajstić information content (AvgIpc) is 2.63. The summed E-state index contributed by atoms with van der Waals surface area (Å²) in [5.41, 5.74) is -2.69. The number of hydrogen-bond acceptors (Lipinski definition) is 5. The second-order valence-electron chi connectivity index (χ2n) is 7.23. The predicted octanol–water partition coefficient (Wildman–Crippen LogP) is 2.96. The smallest absolute Gasteiger partial charge is 0.191 e. The Balaban J connectivity index is 2.07. The van der Waals surface area contributed by atoms with Crippen LogP contribution in [0.3, 0.4) is 0 Å². The Bertz CT molecular complexity index is 1040. The van der Waals surface area contributed by atoms with Gasteiger partial charge in [-0.1, -0.05) is 11.6 Å². The minimum absolute atomic E-state index is 0.00940. The number of benzene rings is 2. The van der Waals surface area contributed by atoms with Crippen LogP contribution >= 0.6 is 11.6 Å². The van der Waals surface area contributed by atoms with E-state index in [0.29, 0.717) is 5.02 Å². The second kappa shape index (κ2) is 6.38. The molecule has 1 aliphatic carbocycles. The summed E-state index contributed by atoms with van der Waals surface area (Å²) < 4.78 is 59.9. The number of sulfone groups is 1. The first-order chi connectivity index (χ1) is 13.1. The van der Waals surface area contributed by atoms with Crippen molar-refractivity contribution in [1.82, 2.24) is 0 Å². The molecule has 28 heavy (non-hydrogen) atoms. The van der Waals surface area contributed by atoms with Gasteiger partial charge in [0, 0.05) is 11.4 Å². The molecule has 0 saturated heterocycles. The van der Waals surface area contributed by atoms with Crippen molar-refractivity contribution >= 4 is 21.4 Å². The van der Waals surface area contributed by atoms with Gasteiger partial charge in [-0.05, 0) is 49.2 Å². The summed E-state index contributed by atoms with van der Waals surface area (Å²) in [5, 5.41) is 21.7. The molecule has 0 amide bonds. The topological polar surface area (TPSA) is 83.8 Å². The molecule has 1 unspecified atom stereocenters. The zero-order valence-electron chi connectivity index (χ0n) is 14.5. The summed E-state index contributed by atoms with van der Waals surface area (Å²) in [6.07, 6.45) is -1.66. The van der Waals surface area contributed by atoms with Gasteiger partial charge >= 0.3 is 0 Å². The highest BCUT2D eigenvalue weighted by molar-refractivity contribution is 7.92. The zero-order chi connectivity index (χ0) is 20.3. The van der Waals surface area contributed by atoms with E-state index < -0.39 is 55.8 Å². The fourth-order valence-corrected chi connectivity index (χ4v) is 6.88. The van der Waals surface area contributed by atoms with Crippen molar-refractivity contribution < 1.29 is 32.1 Å². The lowest BCUT2D eigenvalue weighted by Gasteiger charge is -2.53. The van der Waals surface area contributed by atoms with Gasteiger partial charge in [-0.15, -0.1) is 0 Å². The lowest BCUT2D eigenvalue weighted by atomic mass is 9.68. The maximum atomic E-state index is 14.9. The second-order valence-corrected chi connectivity index (χ2v) is 9.85. The number of ether oxygens (including phenoxy) is 1. The maximum Gasteiger partial charge on any atom is 0.191 e. The molecule has 1 saturated carbocycles. The molecule has 3 atom stereocenters. The van der Waals surface area contributed by atoms with E-state index in [1.807, 2.05) is 0 Å². The van der Waals surface area contributed by atoms with E-state index in [1.165, 1.54) is 24.3 Å². The van der Waals surface area contributed by atoms with Crippen molar-refractivity contribution in [2.24, 2.45) is 0 Å². The fourth-order valence-electron chi connectivity index (χ4n) is 4.37. The molecular formula is C19H17ClF2O5S. The van der Waals surface area contributed by atoms with Crippen LogP contribution in [0.2, 0.25) is 5.02 Å². The Hall–Kier alpha value is -1.74. The van der Waals surface area contributed by atoms with E-state index in [-0.39, 0.29) is 24.2 Å². The van der Waals surface area contributed by atoms with Gasteiger partial charge in [0.1, 0.15) is 22.8 Å². The largest absolute Gasteiger partial charge is 0.487 e. The van der Waals surface area contributed by atoms with Crippen LogP contribution in [0.1, 0.15) is 24.8 Å². The Labute approximate surface area is 165 Å². The number of aliphatic hydroxyl groups is 2. The first-order valence-electron chi connectivity index (χ1n) is 8.64. The molecule has 0 spiro atoms. The molecule has 0 bridgehead atoms. The molecule has 2 aliphatic rings. The molecule has 1 heterocycles. The minimum Gasteiger partial charge on any atom is -0.487 e. The average molecular weight is 431 g/mol. The predicted molar refractivity (Wildman–Crippen MR) is 97.0 cm³/mol. The minimum atomic E-state index is -4.44. The summed E-state index contributed by atoms with van der Waals surface area (Å²) in [5.74, 6) is -2.45. The molecule has 5 nitrogen and oxygen atoms in total. The van der Waals surface area contributed by atoms with E-state index in [9.17, 15) is 27.4 Å². The van der Waals surface area contributed by atoms with Crippen LogP contribution in [-0.4, -0.2) is 36.9 Å². The summed E-state index contributed by atoms with van der Waals surface area (Å²) in [6, 6.07) is 6.90. The van der Waals surface area contributed by atoms with Crippen LogP contribution in [0.25, 0.3) is 0 Å². The number of hydrogen-bond donors (Lipinski definition) is 2. The first kappa shape index (κ1) is 19.6. The molecule has 2 N–H and O–H groups in total. The third-order valence-electron chi connectivity index (χ3n) is 5.66. The fraction of sp³-hybridized carbons (Fsp3) is 0.368. The van der Waals surface area contributed by atoms with Crippen molar-refractivity contribution in [3.8, 4) is 5.75 Å². The highest BCUT2D eigenvalue weighted by Gasteiger charge is 2.67. The lowest BCUT2D eigenvalue weighted by Crippen LogP contribution is -2.65. The van der Waals surface area contributed by atoms with Crippen LogP contribution in [0.15, 0.2) is 41.3 Å². The van der Waals surface area contributed by atoms with Crippen LogP contribution in [0.5, 0.6) is 5.75 Å². The molecule has 4 rings (SSSR count). The molecule has 2 aromatic rings. The molecular weight excluding hydrogens is 414 g/mol. The molecule has 0 radical (unpaired) electrons. The van der Waals surface area contributed by atoms with Crippen molar-refractivity contribution in [1.29, 1.82) is 0 Å².